The number of β-amino-alcohol motifs (C(OH)–C–C–N with tert-alkyl or cyclic N) is 1. The molecule has 0 saturated carbocycles. The molecule has 0 bridgehead atoms. The summed E-state index contributed by atoms with van der Waals surface area (Å²) < 4.78 is 5.67. The summed E-state index contributed by atoms with van der Waals surface area (Å²) in [7, 11) is 0. The normalized spacial score (nSPS) is 22.2. The summed E-state index contributed by atoms with van der Waals surface area (Å²) >= 11 is 0. The Balaban J connectivity index is 1.44. The largest absolute Gasteiger partial charge is 0.491 e. The number of likely N-dealkylation sites (tertiary alicyclic amines) is 2. The van der Waals surface area contributed by atoms with E-state index in [4.69, 9.17) is 4.74 Å². The first-order chi connectivity index (χ1) is 12.1. The minimum atomic E-state index is -0.417. The first kappa shape index (κ1) is 18.7. The third-order valence-corrected chi connectivity index (χ3v) is 5.53. The summed E-state index contributed by atoms with van der Waals surface area (Å²) in [4.78, 5) is 5.12. The fraction of sp³-hybridized carbons (Fsp3) is 0.714. The van der Waals surface area contributed by atoms with Crippen molar-refractivity contribution in [3.05, 3.63) is 29.8 Å². The van der Waals surface area contributed by atoms with Crippen LogP contribution in [0.1, 0.15) is 57.6 Å². The molecule has 2 fully saturated rings. The highest BCUT2D eigenvalue weighted by Crippen LogP contribution is 2.24. The number of aliphatic hydroxyl groups is 1. The molecule has 0 aliphatic carbocycles. The van der Waals surface area contributed by atoms with E-state index in [0.29, 0.717) is 0 Å². The molecule has 1 N–H and O–H groups in total. The van der Waals surface area contributed by atoms with Gasteiger partial charge < -0.3 is 19.6 Å². The highest BCUT2D eigenvalue weighted by molar-refractivity contribution is 5.28. The van der Waals surface area contributed by atoms with Gasteiger partial charge in [-0.05, 0) is 83.4 Å². The summed E-state index contributed by atoms with van der Waals surface area (Å²) in [6.07, 6.45) is 6.39. The molecule has 2 saturated heterocycles. The number of rotatable bonds is 6. The third kappa shape index (κ3) is 5.44. The minimum absolute atomic E-state index is 0.178. The monoisotopic (exact) mass is 346 g/mol. The Morgan fingerprint density at radius 1 is 1.00 bits per heavy atom. The van der Waals surface area contributed by atoms with Crippen LogP contribution in [-0.2, 0) is 0 Å². The maximum absolute atomic E-state index is 10.6. The van der Waals surface area contributed by atoms with Gasteiger partial charge in [0.1, 0.15) is 5.75 Å². The third-order valence-electron chi connectivity index (χ3n) is 5.53. The summed E-state index contributed by atoms with van der Waals surface area (Å²) in [5.41, 5.74) is 0.981. The van der Waals surface area contributed by atoms with E-state index in [1.54, 1.807) is 0 Å². The van der Waals surface area contributed by atoms with Crippen molar-refractivity contribution in [3.63, 3.8) is 0 Å². The molecule has 2 aliphatic rings. The maximum Gasteiger partial charge on any atom is 0.119 e. The van der Waals surface area contributed by atoms with E-state index in [0.717, 1.165) is 37.0 Å². The highest BCUT2D eigenvalue weighted by Gasteiger charge is 2.26. The number of aliphatic hydroxyl groups excluding tert-OH is 1. The summed E-state index contributed by atoms with van der Waals surface area (Å²) in [6, 6.07) is 8.66. The van der Waals surface area contributed by atoms with E-state index in [9.17, 15) is 5.11 Å². The van der Waals surface area contributed by atoms with Crippen LogP contribution >= 0.6 is 0 Å². The molecular weight excluding hydrogens is 312 g/mol. The molecule has 1 aromatic rings. The van der Waals surface area contributed by atoms with Crippen molar-refractivity contribution in [1.82, 2.24) is 9.80 Å². The Kier molecular flexibility index (Phi) is 6.74. The molecule has 0 aromatic heterocycles. The van der Waals surface area contributed by atoms with E-state index in [1.807, 2.05) is 38.1 Å². The predicted octanol–water partition coefficient (Wildman–Crippen LogP) is 3.46. The topological polar surface area (TPSA) is 35.9 Å². The fourth-order valence-corrected chi connectivity index (χ4v) is 4.14. The van der Waals surface area contributed by atoms with E-state index < -0.39 is 6.10 Å². The van der Waals surface area contributed by atoms with Crippen LogP contribution in [0.3, 0.4) is 0 Å². The number of piperidine rings is 2. The van der Waals surface area contributed by atoms with Crippen LogP contribution in [-0.4, -0.2) is 59.8 Å². The summed E-state index contributed by atoms with van der Waals surface area (Å²) in [5, 5.41) is 10.6. The second-order valence-corrected chi connectivity index (χ2v) is 7.88. The molecule has 0 spiro atoms. The minimum Gasteiger partial charge on any atom is -0.491 e. The van der Waals surface area contributed by atoms with Crippen LogP contribution in [0, 0.1) is 0 Å². The van der Waals surface area contributed by atoms with Gasteiger partial charge in [0.15, 0.2) is 0 Å². The van der Waals surface area contributed by atoms with Gasteiger partial charge in [-0.1, -0.05) is 18.6 Å². The molecule has 0 amide bonds. The lowest BCUT2D eigenvalue weighted by molar-refractivity contribution is 0.0601. The molecule has 140 valence electrons. The van der Waals surface area contributed by atoms with Crippen molar-refractivity contribution in [3.8, 4) is 5.75 Å². The van der Waals surface area contributed by atoms with Crippen molar-refractivity contribution in [2.75, 3.05) is 32.7 Å². The first-order valence-electron chi connectivity index (χ1n) is 10.0. The van der Waals surface area contributed by atoms with Crippen LogP contribution in [0.5, 0.6) is 5.75 Å². The fourth-order valence-electron chi connectivity index (χ4n) is 4.14. The van der Waals surface area contributed by atoms with Gasteiger partial charge in [-0.3, -0.25) is 0 Å². The van der Waals surface area contributed by atoms with Crippen molar-refractivity contribution in [2.45, 2.75) is 64.2 Å². The second kappa shape index (κ2) is 9.02. The number of ether oxygens (including phenoxy) is 1. The van der Waals surface area contributed by atoms with Crippen LogP contribution < -0.4 is 4.74 Å². The second-order valence-electron chi connectivity index (χ2n) is 7.88. The SMILES string of the molecule is CC(C)Oc1ccc(C(O)CN2CCC(N3CCCCC3)CC2)cc1. The van der Waals surface area contributed by atoms with Crippen LogP contribution in [0.4, 0.5) is 0 Å². The zero-order valence-corrected chi connectivity index (χ0v) is 15.9. The van der Waals surface area contributed by atoms with Crippen molar-refractivity contribution < 1.29 is 9.84 Å². The molecule has 25 heavy (non-hydrogen) atoms. The highest BCUT2D eigenvalue weighted by atomic mass is 16.5. The molecule has 0 radical (unpaired) electrons. The molecule has 3 rings (SSSR count). The average Bonchev–Trinajstić information content (AvgIpc) is 2.63. The molecule has 4 nitrogen and oxygen atoms in total. The lowest BCUT2D eigenvalue weighted by atomic mass is 9.99. The average molecular weight is 347 g/mol. The number of nitrogens with zero attached hydrogens (tertiary/aromatic N) is 2. The predicted molar refractivity (Wildman–Crippen MR) is 102 cm³/mol. The standard InChI is InChI=1S/C21H34N2O2/c1-17(2)25-20-8-6-18(7-9-20)21(24)16-22-14-10-19(11-15-22)23-12-4-3-5-13-23/h6-9,17,19,21,24H,3-5,10-16H2,1-2H3. The Labute approximate surface area is 152 Å². The summed E-state index contributed by atoms with van der Waals surface area (Å²) in [6.45, 7) is 9.57. The Morgan fingerprint density at radius 2 is 1.64 bits per heavy atom. The lowest BCUT2D eigenvalue weighted by Gasteiger charge is -2.40. The van der Waals surface area contributed by atoms with Gasteiger partial charge in [0.25, 0.3) is 0 Å². The lowest BCUT2D eigenvalue weighted by Crippen LogP contribution is -2.47. The van der Waals surface area contributed by atoms with E-state index in [2.05, 4.69) is 9.80 Å². The Morgan fingerprint density at radius 3 is 2.24 bits per heavy atom. The van der Waals surface area contributed by atoms with Crippen LogP contribution in [0.15, 0.2) is 24.3 Å². The van der Waals surface area contributed by atoms with Crippen molar-refractivity contribution >= 4 is 0 Å². The van der Waals surface area contributed by atoms with E-state index in [1.165, 1.54) is 45.2 Å². The number of benzene rings is 1. The molecule has 1 aromatic carbocycles. The molecule has 1 atom stereocenters. The number of hydrogen-bond acceptors (Lipinski definition) is 4. The van der Waals surface area contributed by atoms with E-state index >= 15 is 0 Å². The zero-order chi connectivity index (χ0) is 17.6. The first-order valence-corrected chi connectivity index (χ1v) is 10.0. The quantitative estimate of drug-likeness (QED) is 0.856. The van der Waals surface area contributed by atoms with Crippen molar-refractivity contribution in [1.29, 1.82) is 0 Å². The molecular formula is C21H34N2O2. The van der Waals surface area contributed by atoms with Gasteiger partial charge in [0.05, 0.1) is 12.2 Å². The zero-order valence-electron chi connectivity index (χ0n) is 15.9. The molecule has 2 aliphatic heterocycles. The molecule has 1 unspecified atom stereocenters. The molecule has 2 heterocycles. The Bertz CT molecular complexity index is 503. The van der Waals surface area contributed by atoms with Crippen molar-refractivity contribution in [2.24, 2.45) is 0 Å². The van der Waals surface area contributed by atoms with E-state index in [-0.39, 0.29) is 6.10 Å². The van der Waals surface area contributed by atoms with Gasteiger partial charge in [-0.2, -0.15) is 0 Å². The van der Waals surface area contributed by atoms with Gasteiger partial charge in [0.2, 0.25) is 0 Å². The van der Waals surface area contributed by atoms with Gasteiger partial charge in [0, 0.05) is 12.6 Å². The smallest absolute Gasteiger partial charge is 0.119 e. The van der Waals surface area contributed by atoms with Crippen LogP contribution in [0.2, 0.25) is 0 Å². The number of hydrogen-bond donors (Lipinski definition) is 1. The molecule has 4 heteroatoms. The van der Waals surface area contributed by atoms with Gasteiger partial charge >= 0.3 is 0 Å². The maximum atomic E-state index is 10.6. The Hall–Kier alpha value is -1.10. The van der Waals surface area contributed by atoms with Gasteiger partial charge in [-0.25, -0.2) is 0 Å². The van der Waals surface area contributed by atoms with Gasteiger partial charge in [-0.15, -0.1) is 0 Å². The summed E-state index contributed by atoms with van der Waals surface area (Å²) in [5.74, 6) is 0.869. The van der Waals surface area contributed by atoms with Crippen LogP contribution in [0.25, 0.3) is 0 Å².